The highest BCUT2D eigenvalue weighted by Crippen LogP contribution is 2.42. The molecule has 2 heteroatoms. The summed E-state index contributed by atoms with van der Waals surface area (Å²) in [6, 6.07) is 50.9. The van der Waals surface area contributed by atoms with Gasteiger partial charge in [0.1, 0.15) is 16.8 Å². The minimum atomic E-state index is -1.35. The van der Waals surface area contributed by atoms with Crippen LogP contribution >= 0.6 is 0 Å². The fourth-order valence-corrected chi connectivity index (χ4v) is 5.69. The van der Waals surface area contributed by atoms with Crippen LogP contribution in [0.2, 0.25) is 0 Å². The van der Waals surface area contributed by atoms with Gasteiger partial charge in [0.25, 0.3) is 0 Å². The van der Waals surface area contributed by atoms with Gasteiger partial charge in [0.05, 0.1) is 0 Å². The molecule has 0 saturated heterocycles. The van der Waals surface area contributed by atoms with Crippen molar-refractivity contribution in [3.05, 3.63) is 168 Å². The van der Waals surface area contributed by atoms with Gasteiger partial charge in [-0.2, -0.15) is 0 Å². The van der Waals surface area contributed by atoms with E-state index in [4.69, 9.17) is 4.42 Å². The predicted octanol–water partition coefficient (Wildman–Crippen LogP) is 9.20. The van der Waals surface area contributed by atoms with E-state index in [1.54, 1.807) is 0 Å². The number of fused-ring (bicyclic) bond motifs is 3. The summed E-state index contributed by atoms with van der Waals surface area (Å²) in [6.07, 6.45) is 0. The average molecular weight is 503 g/mol. The zero-order valence-electron chi connectivity index (χ0n) is 21.3. The lowest BCUT2D eigenvalue weighted by Gasteiger charge is -2.32. The molecule has 7 aromatic rings. The van der Waals surface area contributed by atoms with Crippen LogP contribution in [0.15, 0.2) is 156 Å². The lowest BCUT2D eigenvalue weighted by atomic mass is 9.77. The van der Waals surface area contributed by atoms with E-state index in [1.807, 2.05) is 97.1 Å². The topological polar surface area (TPSA) is 33.4 Å². The fraction of sp³-hybridized carbons (Fsp3) is 0.0270. The predicted molar refractivity (Wildman–Crippen MR) is 160 cm³/mol. The molecule has 0 aliphatic carbocycles. The Hall–Kier alpha value is -4.92. The molecule has 6 aromatic carbocycles. The number of benzene rings is 6. The molecular formula is C37H26O2. The first-order valence-corrected chi connectivity index (χ1v) is 13.2. The van der Waals surface area contributed by atoms with Crippen molar-refractivity contribution in [2.45, 2.75) is 5.60 Å². The molecule has 1 aromatic heterocycles. The third-order valence-corrected chi connectivity index (χ3v) is 7.61. The molecule has 0 fully saturated rings. The van der Waals surface area contributed by atoms with Gasteiger partial charge in [-0.25, -0.2) is 0 Å². The van der Waals surface area contributed by atoms with Gasteiger partial charge in [-0.3, -0.25) is 0 Å². The lowest BCUT2D eigenvalue weighted by Crippen LogP contribution is -2.29. The van der Waals surface area contributed by atoms with Crippen molar-refractivity contribution in [2.75, 3.05) is 0 Å². The molecule has 0 bridgehead atoms. The molecule has 1 atom stereocenters. The Kier molecular flexibility index (Phi) is 5.61. The first-order valence-electron chi connectivity index (χ1n) is 13.2. The molecule has 0 saturated carbocycles. The summed E-state index contributed by atoms with van der Waals surface area (Å²) in [5, 5.41) is 14.9. The average Bonchev–Trinajstić information content (AvgIpc) is 3.41. The van der Waals surface area contributed by atoms with Crippen LogP contribution < -0.4 is 0 Å². The van der Waals surface area contributed by atoms with Gasteiger partial charge in [0, 0.05) is 21.9 Å². The highest BCUT2D eigenvalue weighted by Gasteiger charge is 2.36. The molecule has 0 aliphatic heterocycles. The van der Waals surface area contributed by atoms with E-state index in [0.717, 1.165) is 60.9 Å². The van der Waals surface area contributed by atoms with E-state index < -0.39 is 5.60 Å². The summed E-state index contributed by atoms with van der Waals surface area (Å²) in [7, 11) is 0. The van der Waals surface area contributed by atoms with Crippen molar-refractivity contribution < 1.29 is 9.52 Å². The summed E-state index contributed by atoms with van der Waals surface area (Å²) in [4.78, 5) is 0. The first kappa shape index (κ1) is 23.2. The Morgan fingerprint density at radius 3 is 1.79 bits per heavy atom. The summed E-state index contributed by atoms with van der Waals surface area (Å²) in [6.45, 7) is 0. The maximum atomic E-state index is 12.7. The maximum Gasteiger partial charge on any atom is 0.143 e. The van der Waals surface area contributed by atoms with Crippen LogP contribution in [0.1, 0.15) is 16.7 Å². The van der Waals surface area contributed by atoms with Gasteiger partial charge < -0.3 is 9.52 Å². The summed E-state index contributed by atoms with van der Waals surface area (Å²) < 4.78 is 6.29. The molecule has 0 radical (unpaired) electrons. The van der Waals surface area contributed by atoms with Gasteiger partial charge in [-0.05, 0) is 33.9 Å². The number of para-hydroxylation sites is 2. The Bertz CT molecular complexity index is 1900. The van der Waals surface area contributed by atoms with Crippen molar-refractivity contribution in [1.29, 1.82) is 0 Å². The van der Waals surface area contributed by atoms with Crippen LogP contribution in [0.3, 0.4) is 0 Å². The summed E-state index contributed by atoms with van der Waals surface area (Å²) in [5.41, 5.74) is 7.01. The van der Waals surface area contributed by atoms with Crippen LogP contribution in [0, 0.1) is 0 Å². The molecule has 0 spiro atoms. The van der Waals surface area contributed by atoms with Crippen molar-refractivity contribution in [3.8, 4) is 22.3 Å². The minimum absolute atomic E-state index is 0.803. The van der Waals surface area contributed by atoms with Crippen molar-refractivity contribution in [2.24, 2.45) is 0 Å². The van der Waals surface area contributed by atoms with Gasteiger partial charge in [-0.15, -0.1) is 0 Å². The van der Waals surface area contributed by atoms with E-state index in [0.29, 0.717) is 0 Å². The Balaban J connectivity index is 1.40. The molecule has 186 valence electrons. The molecule has 1 heterocycles. The molecule has 7 rings (SSSR count). The molecule has 2 nitrogen and oxygen atoms in total. The SMILES string of the molecule is OC(c1ccccc1)(c1ccc(-c2cccc3c2oc2ccccc23)cc1)c1ccccc1-c1ccccc1. The molecule has 0 amide bonds. The molecule has 0 aliphatic rings. The second-order valence-corrected chi connectivity index (χ2v) is 9.85. The smallest absolute Gasteiger partial charge is 0.143 e. The minimum Gasteiger partial charge on any atom is -0.455 e. The van der Waals surface area contributed by atoms with Crippen molar-refractivity contribution in [3.63, 3.8) is 0 Å². The van der Waals surface area contributed by atoms with E-state index in [2.05, 4.69) is 54.6 Å². The van der Waals surface area contributed by atoms with Crippen LogP contribution in [0.5, 0.6) is 0 Å². The highest BCUT2D eigenvalue weighted by atomic mass is 16.3. The second kappa shape index (κ2) is 9.43. The van der Waals surface area contributed by atoms with Gasteiger partial charge in [-0.1, -0.05) is 146 Å². The lowest BCUT2D eigenvalue weighted by molar-refractivity contribution is 0.126. The normalized spacial score (nSPS) is 12.9. The molecular weight excluding hydrogens is 476 g/mol. The number of furan rings is 1. The van der Waals surface area contributed by atoms with Crippen LogP contribution in [0.4, 0.5) is 0 Å². The Labute approximate surface area is 227 Å². The third kappa shape index (κ3) is 3.85. The Morgan fingerprint density at radius 1 is 0.436 bits per heavy atom. The number of hydrogen-bond donors (Lipinski definition) is 1. The highest BCUT2D eigenvalue weighted by molar-refractivity contribution is 6.09. The quantitative estimate of drug-likeness (QED) is 0.238. The second-order valence-electron chi connectivity index (χ2n) is 9.85. The summed E-state index contributed by atoms with van der Waals surface area (Å²) in [5.74, 6) is 0. The molecule has 1 unspecified atom stereocenters. The fourth-order valence-electron chi connectivity index (χ4n) is 5.69. The van der Waals surface area contributed by atoms with Gasteiger partial charge in [0.15, 0.2) is 0 Å². The van der Waals surface area contributed by atoms with Gasteiger partial charge >= 0.3 is 0 Å². The number of hydrogen-bond acceptors (Lipinski definition) is 2. The molecule has 39 heavy (non-hydrogen) atoms. The first-order chi connectivity index (χ1) is 19.2. The number of rotatable bonds is 5. The zero-order chi connectivity index (χ0) is 26.2. The van der Waals surface area contributed by atoms with Crippen LogP contribution in [-0.2, 0) is 5.60 Å². The monoisotopic (exact) mass is 502 g/mol. The molecule has 1 N–H and O–H groups in total. The van der Waals surface area contributed by atoms with E-state index in [1.165, 1.54) is 0 Å². The maximum absolute atomic E-state index is 12.7. The van der Waals surface area contributed by atoms with E-state index >= 15 is 0 Å². The third-order valence-electron chi connectivity index (χ3n) is 7.61. The standard InChI is InChI=1S/C37H26O2/c38-37(28-14-5-2-6-15-28,34-20-9-7-16-30(34)26-12-3-1-4-13-26)29-24-22-27(23-25-29)31-18-11-19-33-32-17-8-10-21-35(32)39-36(31)33/h1-25,38H. The number of aliphatic hydroxyl groups is 1. The largest absolute Gasteiger partial charge is 0.455 e. The van der Waals surface area contributed by atoms with Crippen LogP contribution in [0.25, 0.3) is 44.2 Å². The van der Waals surface area contributed by atoms with E-state index in [-0.39, 0.29) is 0 Å². The zero-order valence-corrected chi connectivity index (χ0v) is 21.3. The van der Waals surface area contributed by atoms with E-state index in [9.17, 15) is 5.11 Å². The van der Waals surface area contributed by atoms with Crippen molar-refractivity contribution in [1.82, 2.24) is 0 Å². The summed E-state index contributed by atoms with van der Waals surface area (Å²) >= 11 is 0. The van der Waals surface area contributed by atoms with Gasteiger partial charge in [0.2, 0.25) is 0 Å². The van der Waals surface area contributed by atoms with Crippen LogP contribution in [-0.4, -0.2) is 5.11 Å². The van der Waals surface area contributed by atoms with Crippen molar-refractivity contribution >= 4 is 21.9 Å². The Morgan fingerprint density at radius 2 is 1.00 bits per heavy atom.